The fourth-order valence-electron chi connectivity index (χ4n) is 2.65. The van der Waals surface area contributed by atoms with Gasteiger partial charge < -0.3 is 20.3 Å². The summed E-state index contributed by atoms with van der Waals surface area (Å²) in [4.78, 5) is 5.24. The summed E-state index contributed by atoms with van der Waals surface area (Å²) in [7, 11) is 4.32. The molecule has 0 aliphatic carbocycles. The topological polar surface area (TPSA) is 41.7 Å². The fraction of sp³-hybridized carbons (Fsp3) is 0.562. The highest BCUT2D eigenvalue weighted by Gasteiger charge is 2.23. The van der Waals surface area contributed by atoms with E-state index in [-0.39, 0.29) is 0 Å². The molecule has 21 heavy (non-hydrogen) atoms. The maximum Gasteiger partial charge on any atom is 0.119 e. The van der Waals surface area contributed by atoms with Crippen molar-refractivity contribution in [2.45, 2.75) is 18.9 Å². The van der Waals surface area contributed by atoms with Crippen LogP contribution in [0.15, 0.2) is 24.3 Å². The molecule has 1 aliphatic rings. The van der Waals surface area contributed by atoms with Crippen LogP contribution in [0.4, 0.5) is 0 Å². The van der Waals surface area contributed by atoms with Crippen LogP contribution in [-0.2, 0) is 0 Å². The molecule has 0 spiro atoms. The van der Waals surface area contributed by atoms with Gasteiger partial charge in [0, 0.05) is 24.7 Å². The third-order valence-electron chi connectivity index (χ3n) is 3.98. The lowest BCUT2D eigenvalue weighted by atomic mass is 10.2. The predicted octanol–water partition coefficient (Wildman–Crippen LogP) is 1.73. The predicted molar refractivity (Wildman–Crippen MR) is 91.0 cm³/mol. The van der Waals surface area contributed by atoms with Gasteiger partial charge in [-0.05, 0) is 45.6 Å². The molecule has 4 nitrogen and oxygen atoms in total. The number of likely N-dealkylation sites (tertiary alicyclic amines) is 1. The van der Waals surface area contributed by atoms with Crippen molar-refractivity contribution in [3.05, 3.63) is 29.8 Å². The highest BCUT2D eigenvalue weighted by molar-refractivity contribution is 7.80. The van der Waals surface area contributed by atoms with Crippen molar-refractivity contribution in [3.8, 4) is 5.75 Å². The average Bonchev–Trinajstić information content (AvgIpc) is 2.93. The number of nitrogens with two attached hydrogens (primary N) is 1. The average molecular weight is 307 g/mol. The lowest BCUT2D eigenvalue weighted by Gasteiger charge is -2.20. The summed E-state index contributed by atoms with van der Waals surface area (Å²) in [5.41, 5.74) is 6.48. The molecule has 1 aromatic rings. The maximum atomic E-state index is 5.78. The highest BCUT2D eigenvalue weighted by atomic mass is 32.1. The number of nitrogens with zero attached hydrogens (tertiary/aromatic N) is 2. The number of ether oxygens (including phenoxy) is 1. The Bertz CT molecular complexity index is 478. The maximum absolute atomic E-state index is 5.78. The molecular weight excluding hydrogens is 282 g/mol. The number of thiocarbonyl (C=S) groups is 1. The van der Waals surface area contributed by atoms with E-state index in [1.165, 1.54) is 19.5 Å². The van der Waals surface area contributed by atoms with Gasteiger partial charge in [0.05, 0.1) is 6.61 Å². The molecule has 2 rings (SSSR count). The molecule has 0 bridgehead atoms. The lowest BCUT2D eigenvalue weighted by molar-refractivity contribution is 0.242. The van der Waals surface area contributed by atoms with Gasteiger partial charge in [0.1, 0.15) is 10.7 Å². The van der Waals surface area contributed by atoms with Crippen molar-refractivity contribution in [1.29, 1.82) is 0 Å². The molecule has 1 heterocycles. The first-order valence-corrected chi connectivity index (χ1v) is 7.88. The van der Waals surface area contributed by atoms with Crippen molar-refractivity contribution >= 4 is 17.2 Å². The Morgan fingerprint density at radius 2 is 2.29 bits per heavy atom. The van der Waals surface area contributed by atoms with Crippen LogP contribution in [-0.4, -0.2) is 61.2 Å². The molecule has 1 unspecified atom stereocenters. The van der Waals surface area contributed by atoms with Gasteiger partial charge in [0.25, 0.3) is 0 Å². The van der Waals surface area contributed by atoms with Crippen molar-refractivity contribution in [1.82, 2.24) is 9.80 Å². The van der Waals surface area contributed by atoms with E-state index in [0.717, 1.165) is 30.9 Å². The molecule has 0 saturated carbocycles. The molecule has 1 fully saturated rings. The molecule has 0 aromatic heterocycles. The van der Waals surface area contributed by atoms with Gasteiger partial charge in [-0.2, -0.15) is 0 Å². The second-order valence-electron chi connectivity index (χ2n) is 5.80. The van der Waals surface area contributed by atoms with E-state index < -0.39 is 0 Å². The van der Waals surface area contributed by atoms with Crippen LogP contribution in [0.2, 0.25) is 0 Å². The molecule has 1 aliphatic heterocycles. The quantitative estimate of drug-likeness (QED) is 0.614. The van der Waals surface area contributed by atoms with Crippen LogP contribution >= 0.6 is 12.2 Å². The zero-order chi connectivity index (χ0) is 15.2. The van der Waals surface area contributed by atoms with Crippen LogP contribution in [0, 0.1) is 0 Å². The van der Waals surface area contributed by atoms with Crippen LogP contribution in [0.1, 0.15) is 18.4 Å². The third kappa shape index (κ3) is 4.95. The first-order valence-electron chi connectivity index (χ1n) is 7.47. The van der Waals surface area contributed by atoms with Gasteiger partial charge in [-0.15, -0.1) is 0 Å². The Morgan fingerprint density at radius 3 is 2.95 bits per heavy atom. The third-order valence-corrected chi connectivity index (χ3v) is 4.22. The van der Waals surface area contributed by atoms with Crippen LogP contribution in [0.5, 0.6) is 5.75 Å². The minimum Gasteiger partial charge on any atom is -0.494 e. The minimum absolute atomic E-state index is 0.409. The SMILES string of the molecule is CN(C)C1CCN(CCCOc2cccc(C(N)=S)c2)C1. The Labute approximate surface area is 132 Å². The fourth-order valence-corrected chi connectivity index (χ4v) is 2.78. The van der Waals surface area contributed by atoms with E-state index in [1.54, 1.807) is 0 Å². The Balaban J connectivity index is 1.68. The zero-order valence-electron chi connectivity index (χ0n) is 12.9. The number of hydrogen-bond donors (Lipinski definition) is 1. The normalized spacial score (nSPS) is 19.1. The summed E-state index contributed by atoms with van der Waals surface area (Å²) < 4.78 is 5.78. The number of rotatable bonds is 7. The van der Waals surface area contributed by atoms with Gasteiger partial charge in [0.2, 0.25) is 0 Å². The van der Waals surface area contributed by atoms with Crippen molar-refractivity contribution in [3.63, 3.8) is 0 Å². The molecule has 116 valence electrons. The summed E-state index contributed by atoms with van der Waals surface area (Å²) in [6, 6.07) is 8.38. The van der Waals surface area contributed by atoms with E-state index in [4.69, 9.17) is 22.7 Å². The summed E-state index contributed by atoms with van der Waals surface area (Å²) >= 11 is 4.97. The van der Waals surface area contributed by atoms with Gasteiger partial charge in [-0.1, -0.05) is 24.4 Å². The molecule has 2 N–H and O–H groups in total. The van der Waals surface area contributed by atoms with E-state index >= 15 is 0 Å². The Kier molecular flexibility index (Phi) is 5.96. The molecule has 1 atom stereocenters. The van der Waals surface area contributed by atoms with Gasteiger partial charge in [0.15, 0.2) is 0 Å². The molecule has 0 amide bonds. The largest absolute Gasteiger partial charge is 0.494 e. The van der Waals surface area contributed by atoms with Crippen LogP contribution < -0.4 is 10.5 Å². The van der Waals surface area contributed by atoms with Gasteiger partial charge in [-0.25, -0.2) is 0 Å². The Hall–Kier alpha value is -1.17. The number of likely N-dealkylation sites (N-methyl/N-ethyl adjacent to an activating group) is 1. The highest BCUT2D eigenvalue weighted by Crippen LogP contribution is 2.15. The number of hydrogen-bond acceptors (Lipinski definition) is 4. The van der Waals surface area contributed by atoms with E-state index in [2.05, 4.69) is 23.9 Å². The second kappa shape index (κ2) is 7.73. The van der Waals surface area contributed by atoms with Crippen LogP contribution in [0.25, 0.3) is 0 Å². The summed E-state index contributed by atoms with van der Waals surface area (Å²) in [5, 5.41) is 0. The van der Waals surface area contributed by atoms with Crippen molar-refractivity contribution in [2.24, 2.45) is 5.73 Å². The second-order valence-corrected chi connectivity index (χ2v) is 6.24. The van der Waals surface area contributed by atoms with E-state index in [9.17, 15) is 0 Å². The first-order chi connectivity index (χ1) is 10.1. The van der Waals surface area contributed by atoms with Gasteiger partial charge >= 0.3 is 0 Å². The first kappa shape index (κ1) is 16.2. The number of benzene rings is 1. The molecule has 5 heteroatoms. The van der Waals surface area contributed by atoms with Crippen molar-refractivity contribution in [2.75, 3.05) is 40.3 Å². The van der Waals surface area contributed by atoms with Gasteiger partial charge in [-0.3, -0.25) is 0 Å². The molecule has 1 saturated heterocycles. The summed E-state index contributed by atoms with van der Waals surface area (Å²) in [5.74, 6) is 0.841. The standard InChI is InChI=1S/C16H25N3OS/c1-18(2)14-7-9-19(12-14)8-4-10-20-15-6-3-5-13(11-15)16(17)21/h3,5-6,11,14H,4,7-10,12H2,1-2H3,(H2,17,21). The summed E-state index contributed by atoms with van der Waals surface area (Å²) in [6.07, 6.45) is 2.31. The molecule has 0 radical (unpaired) electrons. The lowest BCUT2D eigenvalue weighted by Crippen LogP contribution is -2.32. The van der Waals surface area contributed by atoms with Crippen LogP contribution in [0.3, 0.4) is 0 Å². The minimum atomic E-state index is 0.409. The molecule has 1 aromatic carbocycles. The van der Waals surface area contributed by atoms with E-state index in [1.807, 2.05) is 24.3 Å². The van der Waals surface area contributed by atoms with E-state index in [0.29, 0.717) is 11.0 Å². The molecular formula is C16H25N3OS. The smallest absolute Gasteiger partial charge is 0.119 e. The Morgan fingerprint density at radius 1 is 1.48 bits per heavy atom. The zero-order valence-corrected chi connectivity index (χ0v) is 13.7. The van der Waals surface area contributed by atoms with Crippen molar-refractivity contribution < 1.29 is 4.74 Å². The summed E-state index contributed by atoms with van der Waals surface area (Å²) in [6.45, 7) is 4.19. The monoisotopic (exact) mass is 307 g/mol.